The van der Waals surface area contributed by atoms with Crippen molar-refractivity contribution in [1.29, 1.82) is 0 Å². The number of morpholine rings is 1. The summed E-state index contributed by atoms with van der Waals surface area (Å²) in [6.07, 6.45) is 0.770. The maximum Gasteiger partial charge on any atom is 0.230 e. The second kappa shape index (κ2) is 8.10. The van der Waals surface area contributed by atoms with Crippen molar-refractivity contribution in [2.45, 2.75) is 39.8 Å². The molecule has 0 spiro atoms. The van der Waals surface area contributed by atoms with Gasteiger partial charge in [-0.05, 0) is 24.6 Å². The standard InChI is InChI=1S/C22H27N3O3/c1-15-12-25(18(14-28-15)16-8-6-5-7-9-16)19-11-10-17(13-26)20(23-19)24-21(27)22(2,3)4/h5-11,13,15,18H,12,14H2,1-4H3,(H,23,24,27)/t15-,18+/m1/s1. The zero-order chi connectivity index (χ0) is 20.3. The lowest BCUT2D eigenvalue weighted by Crippen LogP contribution is -2.44. The molecule has 2 heterocycles. The van der Waals surface area contributed by atoms with Crippen LogP contribution in [0.2, 0.25) is 0 Å². The summed E-state index contributed by atoms with van der Waals surface area (Å²) in [5.74, 6) is 0.812. The van der Waals surface area contributed by atoms with E-state index in [4.69, 9.17) is 4.74 Å². The van der Waals surface area contributed by atoms with Gasteiger partial charge in [0, 0.05) is 12.0 Å². The van der Waals surface area contributed by atoms with Gasteiger partial charge < -0.3 is 15.0 Å². The summed E-state index contributed by atoms with van der Waals surface area (Å²) in [6.45, 7) is 8.70. The molecule has 0 unspecified atom stereocenters. The topological polar surface area (TPSA) is 71.5 Å². The smallest absolute Gasteiger partial charge is 0.230 e. The van der Waals surface area contributed by atoms with Crippen LogP contribution in [-0.4, -0.2) is 36.4 Å². The Morgan fingerprint density at radius 3 is 2.57 bits per heavy atom. The second-order valence-corrected chi connectivity index (χ2v) is 8.15. The lowest BCUT2D eigenvalue weighted by atomic mass is 9.95. The normalized spacial score (nSPS) is 19.9. The lowest BCUT2D eigenvalue weighted by Gasteiger charge is -2.40. The van der Waals surface area contributed by atoms with E-state index >= 15 is 0 Å². The van der Waals surface area contributed by atoms with Gasteiger partial charge in [0.25, 0.3) is 0 Å². The van der Waals surface area contributed by atoms with Gasteiger partial charge in [0.2, 0.25) is 5.91 Å². The molecule has 1 amide bonds. The van der Waals surface area contributed by atoms with Gasteiger partial charge in [-0.3, -0.25) is 9.59 Å². The van der Waals surface area contributed by atoms with Crippen molar-refractivity contribution in [3.05, 3.63) is 53.6 Å². The molecule has 148 valence electrons. The summed E-state index contributed by atoms with van der Waals surface area (Å²) < 4.78 is 5.89. The molecular formula is C22H27N3O3. The van der Waals surface area contributed by atoms with Gasteiger partial charge in [-0.15, -0.1) is 0 Å². The minimum atomic E-state index is -0.585. The number of rotatable bonds is 4. The number of ether oxygens (including phenoxy) is 1. The van der Waals surface area contributed by atoms with Crippen LogP contribution in [0.15, 0.2) is 42.5 Å². The van der Waals surface area contributed by atoms with Gasteiger partial charge in [-0.1, -0.05) is 51.1 Å². The molecule has 0 bridgehead atoms. The summed E-state index contributed by atoms with van der Waals surface area (Å²) in [4.78, 5) is 30.7. The molecule has 6 nitrogen and oxygen atoms in total. The van der Waals surface area contributed by atoms with Crippen LogP contribution in [0.5, 0.6) is 0 Å². The predicted molar refractivity (Wildman–Crippen MR) is 110 cm³/mol. The summed E-state index contributed by atoms with van der Waals surface area (Å²) >= 11 is 0. The third-order valence-corrected chi connectivity index (χ3v) is 4.80. The van der Waals surface area contributed by atoms with Crippen LogP contribution in [0.4, 0.5) is 11.6 Å². The fourth-order valence-corrected chi connectivity index (χ4v) is 3.12. The fraction of sp³-hybridized carbons (Fsp3) is 0.409. The van der Waals surface area contributed by atoms with E-state index in [9.17, 15) is 9.59 Å². The first-order chi connectivity index (χ1) is 13.3. The van der Waals surface area contributed by atoms with Crippen LogP contribution in [0.1, 0.15) is 49.7 Å². The lowest BCUT2D eigenvalue weighted by molar-refractivity contribution is -0.123. The van der Waals surface area contributed by atoms with Gasteiger partial charge >= 0.3 is 0 Å². The van der Waals surface area contributed by atoms with Crippen LogP contribution in [0.25, 0.3) is 0 Å². The minimum Gasteiger partial charge on any atom is -0.374 e. The van der Waals surface area contributed by atoms with Crippen molar-refractivity contribution in [3.63, 3.8) is 0 Å². The Labute approximate surface area is 165 Å². The number of carbonyl (C=O) groups excluding carboxylic acids is 2. The van der Waals surface area contributed by atoms with Crippen molar-refractivity contribution < 1.29 is 14.3 Å². The van der Waals surface area contributed by atoms with Crippen LogP contribution in [0, 0.1) is 5.41 Å². The zero-order valence-corrected chi connectivity index (χ0v) is 16.8. The van der Waals surface area contributed by atoms with Gasteiger partial charge in [-0.2, -0.15) is 0 Å². The van der Waals surface area contributed by atoms with Crippen molar-refractivity contribution in [2.24, 2.45) is 5.41 Å². The van der Waals surface area contributed by atoms with E-state index in [1.807, 2.05) is 52.0 Å². The maximum atomic E-state index is 12.4. The van der Waals surface area contributed by atoms with Gasteiger partial charge in [-0.25, -0.2) is 4.98 Å². The number of benzene rings is 1. The van der Waals surface area contributed by atoms with Crippen LogP contribution in [-0.2, 0) is 9.53 Å². The fourth-order valence-electron chi connectivity index (χ4n) is 3.12. The first-order valence-electron chi connectivity index (χ1n) is 9.50. The molecule has 6 heteroatoms. The highest BCUT2D eigenvalue weighted by Gasteiger charge is 2.30. The largest absolute Gasteiger partial charge is 0.374 e. The number of nitrogens with zero attached hydrogens (tertiary/aromatic N) is 2. The van der Waals surface area contributed by atoms with Crippen LogP contribution >= 0.6 is 0 Å². The molecule has 0 radical (unpaired) electrons. The summed E-state index contributed by atoms with van der Waals surface area (Å²) in [5.41, 5.74) is 0.910. The van der Waals surface area contributed by atoms with Gasteiger partial charge in [0.15, 0.2) is 6.29 Å². The summed E-state index contributed by atoms with van der Waals surface area (Å²) in [7, 11) is 0. The second-order valence-electron chi connectivity index (χ2n) is 8.15. The van der Waals surface area contributed by atoms with Crippen molar-refractivity contribution >= 4 is 23.8 Å². The highest BCUT2D eigenvalue weighted by atomic mass is 16.5. The molecule has 2 atom stereocenters. The number of amides is 1. The van der Waals surface area contributed by atoms with E-state index in [1.165, 1.54) is 0 Å². The molecule has 1 aromatic heterocycles. The summed E-state index contributed by atoms with van der Waals surface area (Å²) in [6, 6.07) is 13.7. The number of pyridine rings is 1. The highest BCUT2D eigenvalue weighted by molar-refractivity contribution is 5.97. The Morgan fingerprint density at radius 2 is 1.93 bits per heavy atom. The first kappa shape index (κ1) is 20.0. The molecule has 1 N–H and O–H groups in total. The molecule has 1 aliphatic heterocycles. The zero-order valence-electron chi connectivity index (χ0n) is 16.8. The van der Waals surface area contributed by atoms with E-state index in [0.29, 0.717) is 36.6 Å². The van der Waals surface area contributed by atoms with E-state index in [0.717, 1.165) is 5.56 Å². The molecular weight excluding hydrogens is 354 g/mol. The molecule has 28 heavy (non-hydrogen) atoms. The molecule has 2 aromatic rings. The number of nitrogens with one attached hydrogen (secondary N) is 1. The number of hydrogen-bond donors (Lipinski definition) is 1. The molecule has 0 aliphatic carbocycles. The Kier molecular flexibility index (Phi) is 5.79. The Balaban J connectivity index is 1.97. The third kappa shape index (κ3) is 4.39. The van der Waals surface area contributed by atoms with E-state index in [-0.39, 0.29) is 18.1 Å². The average molecular weight is 381 g/mol. The number of anilines is 2. The first-order valence-corrected chi connectivity index (χ1v) is 9.50. The van der Waals surface area contributed by atoms with Gasteiger partial charge in [0.1, 0.15) is 11.6 Å². The molecule has 1 saturated heterocycles. The third-order valence-electron chi connectivity index (χ3n) is 4.80. The number of hydrogen-bond acceptors (Lipinski definition) is 5. The molecule has 1 fully saturated rings. The number of carbonyl (C=O) groups is 2. The van der Waals surface area contributed by atoms with E-state index < -0.39 is 5.41 Å². The van der Waals surface area contributed by atoms with Crippen LogP contribution < -0.4 is 10.2 Å². The number of aldehydes is 1. The van der Waals surface area contributed by atoms with Crippen molar-refractivity contribution in [1.82, 2.24) is 4.98 Å². The average Bonchev–Trinajstić information content (AvgIpc) is 2.68. The minimum absolute atomic E-state index is 0.0122. The Morgan fingerprint density at radius 1 is 1.21 bits per heavy atom. The molecule has 1 aliphatic rings. The SMILES string of the molecule is C[C@@H]1CN(c2ccc(C=O)c(NC(=O)C(C)(C)C)n2)[C@H](c2ccccc2)CO1. The van der Waals surface area contributed by atoms with Crippen molar-refractivity contribution in [3.8, 4) is 0 Å². The molecule has 0 saturated carbocycles. The Bertz CT molecular complexity index is 846. The quantitative estimate of drug-likeness (QED) is 0.815. The summed E-state index contributed by atoms with van der Waals surface area (Å²) in [5, 5.41) is 2.81. The number of aromatic nitrogens is 1. The van der Waals surface area contributed by atoms with E-state index in [1.54, 1.807) is 6.07 Å². The van der Waals surface area contributed by atoms with Crippen molar-refractivity contribution in [2.75, 3.05) is 23.4 Å². The van der Waals surface area contributed by atoms with Gasteiger partial charge in [0.05, 0.1) is 24.3 Å². The monoisotopic (exact) mass is 381 g/mol. The van der Waals surface area contributed by atoms with Crippen LogP contribution in [0.3, 0.4) is 0 Å². The maximum absolute atomic E-state index is 12.4. The molecule has 3 rings (SSSR count). The highest BCUT2D eigenvalue weighted by Crippen LogP contribution is 2.32. The Hall–Kier alpha value is -2.73. The predicted octanol–water partition coefficient (Wildman–Crippen LogP) is 3.85. The van der Waals surface area contributed by atoms with E-state index in [2.05, 4.69) is 27.3 Å². The molecule has 1 aromatic carbocycles.